The van der Waals surface area contributed by atoms with E-state index in [0.717, 1.165) is 34.7 Å². The van der Waals surface area contributed by atoms with Crippen molar-refractivity contribution in [2.45, 2.75) is 18.9 Å². The fourth-order valence-electron chi connectivity index (χ4n) is 3.50. The standard InChI is InChI=1S/C26H26N4O2S/c1-32-21-13-11-19(12-14-21)16-22(27)24-17-33-26(29-24)30-25(31)28-23-10-6-5-9-20(23)15-18-7-3-2-4-8-18/h2-14,17,22H,15-16,27H2,1H3,(H2,28,29,30,31). The highest BCUT2D eigenvalue weighted by Gasteiger charge is 2.14. The normalized spacial score (nSPS) is 11.6. The number of rotatable bonds is 8. The van der Waals surface area contributed by atoms with Crippen molar-refractivity contribution in [3.8, 4) is 5.75 Å². The number of hydrogen-bond acceptors (Lipinski definition) is 5. The third-order valence-electron chi connectivity index (χ3n) is 5.24. The molecule has 33 heavy (non-hydrogen) atoms. The quantitative estimate of drug-likeness (QED) is 0.319. The molecular formula is C26H26N4O2S. The summed E-state index contributed by atoms with van der Waals surface area (Å²) in [6.07, 6.45) is 1.38. The molecule has 4 aromatic rings. The summed E-state index contributed by atoms with van der Waals surface area (Å²) in [5.41, 5.74) is 11.2. The van der Waals surface area contributed by atoms with Crippen LogP contribution in [0.25, 0.3) is 0 Å². The molecule has 3 aromatic carbocycles. The zero-order chi connectivity index (χ0) is 23.0. The highest BCUT2D eigenvalue weighted by molar-refractivity contribution is 7.14. The van der Waals surface area contributed by atoms with Crippen LogP contribution in [0.5, 0.6) is 5.75 Å². The number of nitrogens with zero attached hydrogens (tertiary/aromatic N) is 1. The molecule has 0 aliphatic heterocycles. The van der Waals surface area contributed by atoms with E-state index in [0.29, 0.717) is 11.6 Å². The summed E-state index contributed by atoms with van der Waals surface area (Å²) in [5, 5.41) is 8.15. The minimum Gasteiger partial charge on any atom is -0.497 e. The topological polar surface area (TPSA) is 89.3 Å². The molecule has 0 radical (unpaired) electrons. The fourth-order valence-corrected chi connectivity index (χ4v) is 4.27. The van der Waals surface area contributed by atoms with E-state index in [9.17, 15) is 4.79 Å². The molecule has 2 amide bonds. The number of thiazole rings is 1. The number of carbonyl (C=O) groups is 1. The van der Waals surface area contributed by atoms with E-state index >= 15 is 0 Å². The highest BCUT2D eigenvalue weighted by Crippen LogP contribution is 2.24. The third kappa shape index (κ3) is 6.19. The van der Waals surface area contributed by atoms with Crippen LogP contribution in [0, 0.1) is 0 Å². The van der Waals surface area contributed by atoms with Gasteiger partial charge in [-0.1, -0.05) is 60.7 Å². The lowest BCUT2D eigenvalue weighted by molar-refractivity contribution is 0.262. The molecule has 1 atom stereocenters. The summed E-state index contributed by atoms with van der Waals surface area (Å²) >= 11 is 1.36. The molecule has 168 valence electrons. The van der Waals surface area contributed by atoms with Crippen molar-refractivity contribution >= 4 is 28.2 Å². The van der Waals surface area contributed by atoms with Crippen molar-refractivity contribution in [3.05, 3.63) is 107 Å². The molecule has 0 saturated carbocycles. The molecule has 0 spiro atoms. The first-order valence-electron chi connectivity index (χ1n) is 10.6. The number of anilines is 2. The Kier molecular flexibility index (Phi) is 7.34. The van der Waals surface area contributed by atoms with Gasteiger partial charge in [-0.2, -0.15) is 0 Å². The monoisotopic (exact) mass is 458 g/mol. The zero-order valence-corrected chi connectivity index (χ0v) is 19.1. The number of carbonyl (C=O) groups excluding carboxylic acids is 1. The van der Waals surface area contributed by atoms with Gasteiger partial charge >= 0.3 is 6.03 Å². The summed E-state index contributed by atoms with van der Waals surface area (Å²) in [7, 11) is 1.64. The molecule has 1 aromatic heterocycles. The maximum absolute atomic E-state index is 12.6. The average Bonchev–Trinajstić information content (AvgIpc) is 3.30. The van der Waals surface area contributed by atoms with Gasteiger partial charge in [-0.3, -0.25) is 5.32 Å². The Bertz CT molecular complexity index is 1190. The van der Waals surface area contributed by atoms with Crippen LogP contribution in [-0.4, -0.2) is 18.1 Å². The van der Waals surface area contributed by atoms with Gasteiger partial charge in [-0.15, -0.1) is 11.3 Å². The average molecular weight is 459 g/mol. The molecular weight excluding hydrogens is 432 g/mol. The minimum atomic E-state index is -0.333. The molecule has 1 unspecified atom stereocenters. The van der Waals surface area contributed by atoms with Crippen LogP contribution in [-0.2, 0) is 12.8 Å². The number of nitrogens with one attached hydrogen (secondary N) is 2. The Morgan fingerprint density at radius 1 is 0.970 bits per heavy atom. The second kappa shape index (κ2) is 10.8. The number of methoxy groups -OCH3 is 1. The van der Waals surface area contributed by atoms with Gasteiger partial charge in [0, 0.05) is 11.1 Å². The zero-order valence-electron chi connectivity index (χ0n) is 18.3. The minimum absolute atomic E-state index is 0.264. The number of benzene rings is 3. The summed E-state index contributed by atoms with van der Waals surface area (Å²) < 4.78 is 5.19. The van der Waals surface area contributed by atoms with Crippen LogP contribution >= 0.6 is 11.3 Å². The SMILES string of the molecule is COc1ccc(CC(N)c2csc(NC(=O)Nc3ccccc3Cc3ccccc3)n2)cc1. The van der Waals surface area contributed by atoms with Gasteiger partial charge in [-0.05, 0) is 47.7 Å². The highest BCUT2D eigenvalue weighted by atomic mass is 32.1. The van der Waals surface area contributed by atoms with E-state index in [1.54, 1.807) is 7.11 Å². The largest absolute Gasteiger partial charge is 0.497 e. The first-order chi connectivity index (χ1) is 16.1. The van der Waals surface area contributed by atoms with Crippen molar-refractivity contribution in [1.29, 1.82) is 0 Å². The summed E-state index contributed by atoms with van der Waals surface area (Å²) in [6.45, 7) is 0. The molecule has 0 bridgehead atoms. The first-order valence-corrected chi connectivity index (χ1v) is 11.5. The van der Waals surface area contributed by atoms with E-state index in [1.165, 1.54) is 16.9 Å². The van der Waals surface area contributed by atoms with E-state index in [2.05, 4.69) is 27.8 Å². The Morgan fingerprint density at radius 2 is 1.70 bits per heavy atom. The number of ether oxygens (including phenoxy) is 1. The number of hydrogen-bond donors (Lipinski definition) is 3. The van der Waals surface area contributed by atoms with E-state index in [1.807, 2.05) is 72.1 Å². The second-order valence-corrected chi connectivity index (χ2v) is 8.49. The molecule has 4 N–H and O–H groups in total. The predicted molar refractivity (Wildman–Crippen MR) is 134 cm³/mol. The first kappa shape index (κ1) is 22.5. The van der Waals surface area contributed by atoms with E-state index in [-0.39, 0.29) is 12.1 Å². The maximum Gasteiger partial charge on any atom is 0.325 e. The van der Waals surface area contributed by atoms with Crippen LogP contribution in [0.3, 0.4) is 0 Å². The fraction of sp³-hybridized carbons (Fsp3) is 0.154. The Balaban J connectivity index is 1.36. The van der Waals surface area contributed by atoms with Crippen LogP contribution in [0.4, 0.5) is 15.6 Å². The van der Waals surface area contributed by atoms with E-state index < -0.39 is 0 Å². The molecule has 7 heteroatoms. The maximum atomic E-state index is 12.6. The molecule has 0 fully saturated rings. The van der Waals surface area contributed by atoms with Gasteiger partial charge in [0.15, 0.2) is 5.13 Å². The van der Waals surface area contributed by atoms with Gasteiger partial charge in [0.2, 0.25) is 0 Å². The number of nitrogens with two attached hydrogens (primary N) is 1. The predicted octanol–water partition coefficient (Wildman–Crippen LogP) is 5.63. The molecule has 1 heterocycles. The van der Waals surface area contributed by atoms with Gasteiger partial charge in [0.25, 0.3) is 0 Å². The van der Waals surface area contributed by atoms with E-state index in [4.69, 9.17) is 10.5 Å². The summed E-state index contributed by atoms with van der Waals surface area (Å²) in [5.74, 6) is 0.809. The molecule has 6 nitrogen and oxygen atoms in total. The lowest BCUT2D eigenvalue weighted by atomic mass is 10.0. The summed E-state index contributed by atoms with van der Waals surface area (Å²) in [6, 6.07) is 25.2. The van der Waals surface area contributed by atoms with Crippen molar-refractivity contribution < 1.29 is 9.53 Å². The van der Waals surface area contributed by atoms with Crippen LogP contribution < -0.4 is 21.1 Å². The smallest absolute Gasteiger partial charge is 0.325 e. The van der Waals surface area contributed by atoms with Gasteiger partial charge in [0.1, 0.15) is 5.75 Å². The van der Waals surface area contributed by atoms with Crippen molar-refractivity contribution in [2.24, 2.45) is 5.73 Å². The third-order valence-corrected chi connectivity index (χ3v) is 6.02. The van der Waals surface area contributed by atoms with Gasteiger partial charge < -0.3 is 15.8 Å². The Labute approximate surface area is 197 Å². The number of urea groups is 1. The van der Waals surface area contributed by atoms with Crippen LogP contribution in [0.15, 0.2) is 84.2 Å². The number of aromatic nitrogens is 1. The molecule has 4 rings (SSSR count). The van der Waals surface area contributed by atoms with Crippen molar-refractivity contribution in [1.82, 2.24) is 4.98 Å². The second-order valence-electron chi connectivity index (χ2n) is 7.63. The Morgan fingerprint density at radius 3 is 2.45 bits per heavy atom. The molecule has 0 aliphatic carbocycles. The van der Waals surface area contributed by atoms with Crippen LogP contribution in [0.1, 0.15) is 28.4 Å². The lowest BCUT2D eigenvalue weighted by Gasteiger charge is -2.11. The van der Waals surface area contributed by atoms with Crippen LogP contribution in [0.2, 0.25) is 0 Å². The Hall–Kier alpha value is -3.68. The molecule has 0 aliphatic rings. The van der Waals surface area contributed by atoms with Gasteiger partial charge in [0.05, 0.1) is 18.8 Å². The number of amides is 2. The van der Waals surface area contributed by atoms with Crippen molar-refractivity contribution in [2.75, 3.05) is 17.7 Å². The summed E-state index contributed by atoms with van der Waals surface area (Å²) in [4.78, 5) is 17.1. The number of para-hydroxylation sites is 1. The lowest BCUT2D eigenvalue weighted by Crippen LogP contribution is -2.20. The van der Waals surface area contributed by atoms with Crippen molar-refractivity contribution in [3.63, 3.8) is 0 Å². The molecule has 0 saturated heterocycles. The van der Waals surface area contributed by atoms with Gasteiger partial charge in [-0.25, -0.2) is 9.78 Å².